The van der Waals surface area contributed by atoms with Gasteiger partial charge in [-0.2, -0.15) is 5.26 Å². The fourth-order valence-electron chi connectivity index (χ4n) is 1.55. The van der Waals surface area contributed by atoms with Gasteiger partial charge in [0.2, 0.25) is 0 Å². The second kappa shape index (κ2) is 6.36. The van der Waals surface area contributed by atoms with Crippen LogP contribution in [0.2, 0.25) is 0 Å². The number of unbranched alkanes of at least 4 members (excludes halogenated alkanes) is 1. The normalized spacial score (nSPS) is 13.7. The number of aryl methyl sites for hydroxylation is 1. The van der Waals surface area contributed by atoms with Gasteiger partial charge < -0.3 is 10.5 Å². The Labute approximate surface area is 107 Å². The maximum atomic E-state index is 13.3. The first kappa shape index (κ1) is 14.5. The molecular formula is C14H19FN2O. The summed E-state index contributed by atoms with van der Waals surface area (Å²) in [6.45, 7) is 4.02. The average molecular weight is 250 g/mol. The molecule has 4 heteroatoms. The van der Waals surface area contributed by atoms with Crippen molar-refractivity contribution < 1.29 is 9.13 Å². The number of hydrogen-bond donors (Lipinski definition) is 1. The molecule has 0 fully saturated rings. The van der Waals surface area contributed by atoms with Gasteiger partial charge >= 0.3 is 0 Å². The third-order valence-electron chi connectivity index (χ3n) is 2.69. The van der Waals surface area contributed by atoms with Gasteiger partial charge in [-0.15, -0.1) is 0 Å². The van der Waals surface area contributed by atoms with Crippen LogP contribution >= 0.6 is 0 Å². The van der Waals surface area contributed by atoms with Crippen LogP contribution in [0.4, 0.5) is 4.39 Å². The molecule has 0 radical (unpaired) electrons. The minimum absolute atomic E-state index is 0.283. The van der Waals surface area contributed by atoms with Crippen LogP contribution in [-0.2, 0) is 0 Å². The van der Waals surface area contributed by atoms with Crippen LogP contribution < -0.4 is 10.5 Å². The quantitative estimate of drug-likeness (QED) is 0.790. The van der Waals surface area contributed by atoms with Crippen LogP contribution in [0.25, 0.3) is 0 Å². The summed E-state index contributed by atoms with van der Waals surface area (Å²) in [7, 11) is 0. The smallest absolute Gasteiger partial charge is 0.165 e. The average Bonchev–Trinajstić information content (AvgIpc) is 2.33. The Balaban J connectivity index is 2.30. The van der Waals surface area contributed by atoms with Crippen molar-refractivity contribution in [2.75, 3.05) is 6.61 Å². The van der Waals surface area contributed by atoms with Gasteiger partial charge in [0.25, 0.3) is 0 Å². The fourth-order valence-corrected chi connectivity index (χ4v) is 1.55. The van der Waals surface area contributed by atoms with E-state index in [1.165, 1.54) is 6.07 Å². The predicted octanol–water partition coefficient (Wildman–Crippen LogP) is 2.92. The summed E-state index contributed by atoms with van der Waals surface area (Å²) in [5.74, 6) is -0.0629. The van der Waals surface area contributed by atoms with Crippen molar-refractivity contribution >= 4 is 0 Å². The number of nitrogens with zero attached hydrogens (tertiary/aromatic N) is 1. The molecule has 0 saturated heterocycles. The summed E-state index contributed by atoms with van der Waals surface area (Å²) < 4.78 is 18.7. The molecule has 0 aliphatic heterocycles. The fraction of sp³-hybridized carbons (Fsp3) is 0.500. The van der Waals surface area contributed by atoms with Crippen molar-refractivity contribution in [1.82, 2.24) is 0 Å². The maximum absolute atomic E-state index is 13.3. The van der Waals surface area contributed by atoms with Gasteiger partial charge in [-0.05, 0) is 50.8 Å². The lowest BCUT2D eigenvalue weighted by Crippen LogP contribution is -2.33. The van der Waals surface area contributed by atoms with Crippen LogP contribution in [0.1, 0.15) is 31.7 Å². The highest BCUT2D eigenvalue weighted by atomic mass is 19.1. The molecule has 1 unspecified atom stereocenters. The molecule has 98 valence electrons. The Morgan fingerprint density at radius 2 is 2.17 bits per heavy atom. The Bertz CT molecular complexity index is 438. The van der Waals surface area contributed by atoms with Crippen LogP contribution in [0.5, 0.6) is 5.75 Å². The van der Waals surface area contributed by atoms with Crippen molar-refractivity contribution in [3.05, 3.63) is 29.6 Å². The minimum atomic E-state index is -0.783. The van der Waals surface area contributed by atoms with Crippen molar-refractivity contribution in [2.45, 2.75) is 38.6 Å². The van der Waals surface area contributed by atoms with Gasteiger partial charge in [0.1, 0.15) is 5.54 Å². The van der Waals surface area contributed by atoms with E-state index in [2.05, 4.69) is 0 Å². The highest BCUT2D eigenvalue weighted by molar-refractivity contribution is 5.29. The molecule has 0 spiro atoms. The van der Waals surface area contributed by atoms with Gasteiger partial charge in [-0.3, -0.25) is 0 Å². The van der Waals surface area contributed by atoms with Crippen molar-refractivity contribution in [3.63, 3.8) is 0 Å². The minimum Gasteiger partial charge on any atom is -0.491 e. The topological polar surface area (TPSA) is 59.0 Å². The molecule has 0 saturated carbocycles. The zero-order valence-electron chi connectivity index (χ0n) is 10.9. The first-order chi connectivity index (χ1) is 8.44. The third-order valence-corrected chi connectivity index (χ3v) is 2.69. The van der Waals surface area contributed by atoms with E-state index in [4.69, 9.17) is 15.7 Å². The van der Waals surface area contributed by atoms with E-state index in [0.717, 1.165) is 18.4 Å². The molecule has 0 amide bonds. The van der Waals surface area contributed by atoms with Gasteiger partial charge in [0, 0.05) is 0 Å². The maximum Gasteiger partial charge on any atom is 0.165 e. The molecule has 1 rings (SSSR count). The lowest BCUT2D eigenvalue weighted by molar-refractivity contribution is 0.287. The SMILES string of the molecule is Cc1ccc(F)c(OCCCCC(C)(N)C#N)c1. The van der Waals surface area contributed by atoms with E-state index in [0.29, 0.717) is 13.0 Å². The zero-order chi connectivity index (χ0) is 13.6. The van der Waals surface area contributed by atoms with Crippen LogP contribution in [-0.4, -0.2) is 12.1 Å². The second-order valence-corrected chi connectivity index (χ2v) is 4.77. The zero-order valence-corrected chi connectivity index (χ0v) is 10.9. The third kappa shape index (κ3) is 4.72. The van der Waals surface area contributed by atoms with Gasteiger partial charge in [0.05, 0.1) is 12.7 Å². The Morgan fingerprint density at radius 1 is 1.44 bits per heavy atom. The number of benzene rings is 1. The Kier molecular flexibility index (Phi) is 5.11. The van der Waals surface area contributed by atoms with Crippen molar-refractivity contribution in [2.24, 2.45) is 5.73 Å². The summed E-state index contributed by atoms with van der Waals surface area (Å²) in [5, 5.41) is 8.74. The number of nitrogens with two attached hydrogens (primary N) is 1. The number of rotatable bonds is 6. The molecule has 2 N–H and O–H groups in total. The molecule has 0 aromatic heterocycles. The molecule has 1 aromatic carbocycles. The number of ether oxygens (including phenoxy) is 1. The molecule has 0 heterocycles. The van der Waals surface area contributed by atoms with Gasteiger partial charge in [-0.25, -0.2) is 4.39 Å². The van der Waals surface area contributed by atoms with E-state index < -0.39 is 5.54 Å². The lowest BCUT2D eigenvalue weighted by atomic mass is 9.98. The van der Waals surface area contributed by atoms with Crippen LogP contribution in [0.3, 0.4) is 0 Å². The van der Waals surface area contributed by atoms with Crippen LogP contribution in [0.15, 0.2) is 18.2 Å². The molecular weight excluding hydrogens is 231 g/mol. The number of halogens is 1. The Morgan fingerprint density at radius 3 is 2.83 bits per heavy atom. The van der Waals surface area contributed by atoms with Crippen molar-refractivity contribution in [3.8, 4) is 11.8 Å². The molecule has 1 atom stereocenters. The predicted molar refractivity (Wildman–Crippen MR) is 68.7 cm³/mol. The van der Waals surface area contributed by atoms with Gasteiger partial charge in [0.15, 0.2) is 11.6 Å². The lowest BCUT2D eigenvalue weighted by Gasteiger charge is -2.14. The molecule has 0 aliphatic rings. The second-order valence-electron chi connectivity index (χ2n) is 4.77. The van der Waals surface area contributed by atoms with E-state index in [1.807, 2.05) is 13.0 Å². The molecule has 0 aliphatic carbocycles. The standard InChI is InChI=1S/C14H19FN2O/c1-11-5-6-12(15)13(9-11)18-8-4-3-7-14(2,17)10-16/h5-6,9H,3-4,7-8,17H2,1-2H3. The van der Waals surface area contributed by atoms with Gasteiger partial charge in [-0.1, -0.05) is 6.07 Å². The monoisotopic (exact) mass is 250 g/mol. The number of hydrogen-bond acceptors (Lipinski definition) is 3. The Hall–Kier alpha value is -1.60. The summed E-state index contributed by atoms with van der Waals surface area (Å²) in [6.07, 6.45) is 2.15. The first-order valence-corrected chi connectivity index (χ1v) is 6.04. The molecule has 0 bridgehead atoms. The van der Waals surface area contributed by atoms with E-state index in [1.54, 1.807) is 19.1 Å². The van der Waals surface area contributed by atoms with Crippen molar-refractivity contribution in [1.29, 1.82) is 5.26 Å². The highest BCUT2D eigenvalue weighted by Crippen LogP contribution is 2.19. The summed E-state index contributed by atoms with van der Waals surface area (Å²) in [5.41, 5.74) is 5.87. The van der Waals surface area contributed by atoms with E-state index >= 15 is 0 Å². The molecule has 1 aromatic rings. The van der Waals surface area contributed by atoms with E-state index in [9.17, 15) is 4.39 Å². The number of nitriles is 1. The summed E-state index contributed by atoms with van der Waals surface area (Å²) in [4.78, 5) is 0. The first-order valence-electron chi connectivity index (χ1n) is 6.04. The summed E-state index contributed by atoms with van der Waals surface area (Å²) >= 11 is 0. The highest BCUT2D eigenvalue weighted by Gasteiger charge is 2.15. The molecule has 18 heavy (non-hydrogen) atoms. The van der Waals surface area contributed by atoms with E-state index in [-0.39, 0.29) is 11.6 Å². The molecule has 3 nitrogen and oxygen atoms in total. The van der Waals surface area contributed by atoms with Crippen LogP contribution in [0, 0.1) is 24.1 Å². The summed E-state index contributed by atoms with van der Waals surface area (Å²) in [6, 6.07) is 6.83. The largest absolute Gasteiger partial charge is 0.491 e.